The summed E-state index contributed by atoms with van der Waals surface area (Å²) >= 11 is 0. The molecule has 0 fully saturated rings. The molecule has 1 radical (unpaired) electrons. The summed E-state index contributed by atoms with van der Waals surface area (Å²) in [4.78, 5) is 0. The van der Waals surface area contributed by atoms with Gasteiger partial charge in [0, 0.05) is 0 Å². The summed E-state index contributed by atoms with van der Waals surface area (Å²) in [5.41, 5.74) is 0. The molecule has 0 heterocycles. The largest absolute Gasteiger partial charge is 2.00 e. The Labute approximate surface area is 128 Å². The molecule has 0 nitrogen and oxygen atoms in total. The van der Waals surface area contributed by atoms with Gasteiger partial charge >= 0.3 is 18.6 Å². The normalized spacial score (nSPS) is 10.0. The van der Waals surface area contributed by atoms with Crippen molar-refractivity contribution in [1.29, 1.82) is 0 Å². The smallest absolute Gasteiger partial charge is 0.358 e. The van der Waals surface area contributed by atoms with E-state index >= 15 is 0 Å². The molecule has 0 aromatic carbocycles. The zero-order valence-corrected chi connectivity index (χ0v) is 14.7. The van der Waals surface area contributed by atoms with Crippen molar-refractivity contribution in [3.05, 3.63) is 31.7 Å². The number of hydrogen-bond donors (Lipinski definition) is 0. The van der Waals surface area contributed by atoms with Crippen molar-refractivity contribution in [2.75, 3.05) is 18.5 Å². The van der Waals surface area contributed by atoms with Crippen molar-refractivity contribution in [2.24, 2.45) is 0 Å². The number of rotatable bonds is 3. The van der Waals surface area contributed by atoms with E-state index in [2.05, 4.69) is 32.9 Å². The molecule has 0 aliphatic heterocycles. The summed E-state index contributed by atoms with van der Waals surface area (Å²) in [6.45, 7) is 6.87. The van der Waals surface area contributed by atoms with Gasteiger partial charge in [0.25, 0.3) is 0 Å². The molecule has 0 N–H and O–H groups in total. The summed E-state index contributed by atoms with van der Waals surface area (Å²) in [7, 11) is 0.446. The van der Waals surface area contributed by atoms with Crippen molar-refractivity contribution < 1.29 is 18.6 Å². The van der Waals surface area contributed by atoms with Crippen LogP contribution < -0.4 is 0 Å². The summed E-state index contributed by atoms with van der Waals surface area (Å²) in [5.74, 6) is 0. The van der Waals surface area contributed by atoms with Gasteiger partial charge in [0.1, 0.15) is 0 Å². The van der Waals surface area contributed by atoms with E-state index in [9.17, 15) is 0 Å². The molecular weight excluding hydrogens is 297 g/mol. The molecule has 4 heteroatoms. The molecule has 0 aromatic heterocycles. The summed E-state index contributed by atoms with van der Waals surface area (Å²) in [5, 5.41) is 0. The van der Waals surface area contributed by atoms with Crippen molar-refractivity contribution in [3.63, 3.8) is 0 Å². The molecule has 0 atom stereocenters. The topological polar surface area (TPSA) is 0 Å². The maximum absolute atomic E-state index is 2.99. The van der Waals surface area contributed by atoms with E-state index in [1.807, 2.05) is 12.2 Å². The van der Waals surface area contributed by atoms with Gasteiger partial charge in [-0.2, -0.15) is 6.08 Å². The Kier molecular flexibility index (Phi) is 47.4. The molecule has 0 spiro atoms. The molecule has 0 amide bonds. The molecule has 1 rings (SSSR count). The Bertz CT molecular complexity index is 130. The second-order valence-corrected chi connectivity index (χ2v) is 5.86. The summed E-state index contributed by atoms with van der Waals surface area (Å²) in [6.07, 6.45) is 14.3. The molecule has 0 saturated carbocycles. The predicted octanol–water partition coefficient (Wildman–Crippen LogP) is 5.13. The molecule has 97 valence electrons. The molecular formula is C12H25Cl2PV. The minimum absolute atomic E-state index is 0. The van der Waals surface area contributed by atoms with Crippen LogP contribution in [0.4, 0.5) is 0 Å². The third-order valence-corrected chi connectivity index (χ3v) is 4.61. The third kappa shape index (κ3) is 20.5. The van der Waals surface area contributed by atoms with Gasteiger partial charge in [-0.05, 0) is 18.5 Å². The summed E-state index contributed by atoms with van der Waals surface area (Å²) < 4.78 is 0. The number of halogens is 2. The standard InChI is InChI=1S/C6H15P.C5H5.CH3.2ClH.V/c1-4-7(5-2)6-3;1-2-4-5-3-1;;;;/h4-6H2,1-3H3;1-3H,4H2;1H3;2*1H;/q;2*-1;;;+2. The maximum atomic E-state index is 2.99. The van der Waals surface area contributed by atoms with Gasteiger partial charge in [0.2, 0.25) is 0 Å². The van der Waals surface area contributed by atoms with E-state index in [0.717, 1.165) is 6.42 Å². The van der Waals surface area contributed by atoms with Gasteiger partial charge < -0.3 is 7.43 Å². The molecule has 1 aliphatic rings. The number of hydrogen-bond acceptors (Lipinski definition) is 0. The van der Waals surface area contributed by atoms with Crippen LogP contribution in [0.3, 0.4) is 0 Å². The Morgan fingerprint density at radius 2 is 1.50 bits per heavy atom. The van der Waals surface area contributed by atoms with Crippen molar-refractivity contribution in [1.82, 2.24) is 0 Å². The first-order valence-corrected chi connectivity index (χ1v) is 6.68. The minimum atomic E-state index is 0. The average molecular weight is 322 g/mol. The van der Waals surface area contributed by atoms with Crippen LogP contribution in [0.15, 0.2) is 18.2 Å². The van der Waals surface area contributed by atoms with Gasteiger partial charge in [0.05, 0.1) is 0 Å². The second kappa shape index (κ2) is 25.1. The first-order chi connectivity index (χ1) is 5.85. The van der Waals surface area contributed by atoms with Crippen molar-refractivity contribution >= 4 is 32.7 Å². The van der Waals surface area contributed by atoms with Crippen molar-refractivity contribution in [3.8, 4) is 0 Å². The minimum Gasteiger partial charge on any atom is -0.358 e. The van der Waals surface area contributed by atoms with E-state index in [1.165, 1.54) is 18.5 Å². The van der Waals surface area contributed by atoms with Gasteiger partial charge in [-0.3, -0.25) is 6.08 Å². The third-order valence-electron chi connectivity index (χ3n) is 1.93. The Morgan fingerprint density at radius 1 is 1.06 bits per heavy atom. The molecule has 16 heavy (non-hydrogen) atoms. The van der Waals surface area contributed by atoms with Crippen LogP contribution in [0.25, 0.3) is 0 Å². The van der Waals surface area contributed by atoms with E-state index in [0.29, 0.717) is 7.92 Å². The van der Waals surface area contributed by atoms with E-state index < -0.39 is 0 Å². The van der Waals surface area contributed by atoms with Gasteiger partial charge in [-0.1, -0.05) is 20.8 Å². The van der Waals surface area contributed by atoms with Crippen LogP contribution >= 0.6 is 32.7 Å². The molecule has 0 unspecified atom stereocenters. The van der Waals surface area contributed by atoms with Crippen molar-refractivity contribution in [2.45, 2.75) is 27.2 Å². The van der Waals surface area contributed by atoms with Crippen LogP contribution in [0, 0.1) is 13.5 Å². The maximum Gasteiger partial charge on any atom is 2.00 e. The van der Waals surface area contributed by atoms with E-state index in [-0.39, 0.29) is 50.8 Å². The fourth-order valence-corrected chi connectivity index (χ4v) is 2.35. The first-order valence-electron chi connectivity index (χ1n) is 4.79. The van der Waals surface area contributed by atoms with Gasteiger partial charge in [-0.25, -0.2) is 12.2 Å². The van der Waals surface area contributed by atoms with Gasteiger partial charge in [0.15, 0.2) is 0 Å². The van der Waals surface area contributed by atoms with E-state index in [4.69, 9.17) is 0 Å². The number of allylic oxidation sites excluding steroid dienone is 4. The molecule has 0 saturated heterocycles. The first kappa shape index (κ1) is 30.3. The summed E-state index contributed by atoms with van der Waals surface area (Å²) in [6, 6.07) is 0. The Morgan fingerprint density at radius 3 is 1.56 bits per heavy atom. The second-order valence-electron chi connectivity index (χ2n) is 2.62. The average Bonchev–Trinajstić information content (AvgIpc) is 2.64. The van der Waals surface area contributed by atoms with Gasteiger partial charge in [-0.15, -0.1) is 39.2 Å². The predicted molar refractivity (Wildman–Crippen MR) is 81.0 cm³/mol. The fraction of sp³-hybridized carbons (Fsp3) is 0.583. The van der Waals surface area contributed by atoms with Crippen LogP contribution in [0.2, 0.25) is 0 Å². The molecule has 0 bridgehead atoms. The van der Waals surface area contributed by atoms with Crippen LogP contribution in [0.1, 0.15) is 27.2 Å². The quantitative estimate of drug-likeness (QED) is 0.499. The molecule has 0 aromatic rings. The monoisotopic (exact) mass is 321 g/mol. The van der Waals surface area contributed by atoms with Crippen LogP contribution in [-0.4, -0.2) is 18.5 Å². The van der Waals surface area contributed by atoms with Crippen LogP contribution in [-0.2, 0) is 18.6 Å². The Hall–Kier alpha value is 1.07. The molecule has 1 aliphatic carbocycles. The van der Waals surface area contributed by atoms with E-state index in [1.54, 1.807) is 0 Å². The zero-order valence-electron chi connectivity index (χ0n) is 10.8. The zero-order chi connectivity index (χ0) is 9.23. The fourth-order valence-electron chi connectivity index (χ4n) is 1.01. The Balaban J connectivity index is -0.0000000411. The van der Waals surface area contributed by atoms with Crippen LogP contribution in [0.5, 0.6) is 0 Å². The SMILES string of the molecule is CCP(CC)CC.Cl.Cl.[C-]1=CC=CC1.[CH3-].[V+2].